The lowest BCUT2D eigenvalue weighted by atomic mass is 10.0. The lowest BCUT2D eigenvalue weighted by Crippen LogP contribution is -2.03. The lowest BCUT2D eigenvalue weighted by Gasteiger charge is -2.13. The number of rotatable bonds is 2. The highest BCUT2D eigenvalue weighted by Gasteiger charge is 2.22. The Morgan fingerprint density at radius 2 is 2.06 bits per heavy atom. The van der Waals surface area contributed by atoms with Crippen molar-refractivity contribution in [3.05, 3.63) is 27.2 Å². The monoisotopic (exact) mass is 324 g/mol. The molecule has 2 N–H and O–H groups in total. The Hall–Kier alpha value is -1.01. The Balaban J connectivity index is 2.10. The molecule has 18 heavy (non-hydrogen) atoms. The molecule has 0 aliphatic heterocycles. The van der Waals surface area contributed by atoms with Gasteiger partial charge in [-0.25, -0.2) is 9.97 Å². The van der Waals surface area contributed by atoms with Crippen LogP contribution in [0.3, 0.4) is 0 Å². The number of imidazole rings is 1. The molecule has 0 bridgehead atoms. The van der Waals surface area contributed by atoms with Crippen LogP contribution in [0.4, 0.5) is 0 Å². The van der Waals surface area contributed by atoms with E-state index in [4.69, 9.17) is 12.2 Å². The number of halogens is 1. The van der Waals surface area contributed by atoms with Gasteiger partial charge in [-0.1, -0.05) is 25.1 Å². The summed E-state index contributed by atoms with van der Waals surface area (Å²) in [5.41, 5.74) is 1.17. The van der Waals surface area contributed by atoms with Crippen LogP contribution in [0.2, 0.25) is 0 Å². The van der Waals surface area contributed by atoms with E-state index in [9.17, 15) is 0 Å². The second-order valence-corrected chi connectivity index (χ2v) is 5.72. The predicted molar refractivity (Wildman–Crippen MR) is 75.9 cm³/mol. The fraction of sp³-hybridized carbons (Fsp3) is 0.417. The van der Waals surface area contributed by atoms with Crippen LogP contribution in [0, 0.1) is 4.64 Å². The van der Waals surface area contributed by atoms with Crippen LogP contribution in [0.1, 0.15) is 37.3 Å². The molecule has 0 amide bonds. The molecule has 0 radical (unpaired) electrons. The fourth-order valence-corrected chi connectivity index (χ4v) is 3.19. The van der Waals surface area contributed by atoms with Crippen LogP contribution >= 0.6 is 28.1 Å². The molecule has 2 heterocycles. The Morgan fingerprint density at radius 3 is 2.72 bits per heavy atom. The van der Waals surface area contributed by atoms with E-state index in [1.807, 2.05) is 0 Å². The summed E-state index contributed by atoms with van der Waals surface area (Å²) in [6.07, 6.45) is 8.50. The first-order valence-corrected chi connectivity index (χ1v) is 7.25. The molecule has 4 nitrogen and oxygen atoms in total. The molecule has 3 rings (SSSR count). The van der Waals surface area contributed by atoms with Crippen molar-refractivity contribution in [3.63, 3.8) is 0 Å². The zero-order valence-corrected chi connectivity index (χ0v) is 12.1. The van der Waals surface area contributed by atoms with Crippen LogP contribution < -0.4 is 0 Å². The second-order valence-electron chi connectivity index (χ2n) is 4.54. The first-order chi connectivity index (χ1) is 8.75. The normalized spacial score (nSPS) is 16.3. The van der Waals surface area contributed by atoms with E-state index in [1.165, 1.54) is 31.4 Å². The smallest absolute Gasteiger partial charge is 0.175 e. The first-order valence-electron chi connectivity index (χ1n) is 6.05. The number of aromatic amines is 2. The van der Waals surface area contributed by atoms with Gasteiger partial charge in [-0.3, -0.25) is 0 Å². The van der Waals surface area contributed by atoms with E-state index in [2.05, 4.69) is 35.9 Å². The van der Waals surface area contributed by atoms with Gasteiger partial charge in [-0.05, 0) is 28.8 Å². The van der Waals surface area contributed by atoms with Crippen LogP contribution in [0.5, 0.6) is 0 Å². The predicted octanol–water partition coefficient (Wildman–Crippen LogP) is 3.95. The van der Waals surface area contributed by atoms with Gasteiger partial charge < -0.3 is 9.97 Å². The van der Waals surface area contributed by atoms with Crippen molar-refractivity contribution in [2.75, 3.05) is 0 Å². The van der Waals surface area contributed by atoms with E-state index >= 15 is 0 Å². The summed E-state index contributed by atoms with van der Waals surface area (Å²) in [5.74, 6) is 2.00. The van der Waals surface area contributed by atoms with Gasteiger partial charge >= 0.3 is 0 Å². The van der Waals surface area contributed by atoms with Gasteiger partial charge in [0.1, 0.15) is 4.64 Å². The van der Waals surface area contributed by atoms with Gasteiger partial charge in [0.15, 0.2) is 11.6 Å². The minimum atomic E-state index is 0.554. The molecule has 1 aliphatic rings. The van der Waals surface area contributed by atoms with Crippen molar-refractivity contribution >= 4 is 28.1 Å². The van der Waals surface area contributed by atoms with E-state index in [1.54, 1.807) is 12.4 Å². The molecule has 6 heteroatoms. The molecule has 0 unspecified atom stereocenters. The summed E-state index contributed by atoms with van der Waals surface area (Å²) in [4.78, 5) is 15.0. The third-order valence-electron chi connectivity index (χ3n) is 3.38. The maximum absolute atomic E-state index is 5.32. The Kier molecular flexibility index (Phi) is 3.30. The molecule has 2 aromatic rings. The van der Waals surface area contributed by atoms with E-state index in [0.717, 1.165) is 16.1 Å². The Morgan fingerprint density at radius 1 is 1.28 bits per heavy atom. The van der Waals surface area contributed by atoms with Gasteiger partial charge in [0.25, 0.3) is 0 Å². The molecular weight excluding hydrogens is 312 g/mol. The molecule has 1 fully saturated rings. The maximum atomic E-state index is 5.32. The highest BCUT2D eigenvalue weighted by molar-refractivity contribution is 9.10. The average molecular weight is 325 g/mol. The fourth-order valence-electron chi connectivity index (χ4n) is 2.48. The molecule has 0 saturated heterocycles. The minimum Gasteiger partial charge on any atom is -0.342 e. The van der Waals surface area contributed by atoms with Crippen molar-refractivity contribution in [1.82, 2.24) is 19.9 Å². The van der Waals surface area contributed by atoms with E-state index in [-0.39, 0.29) is 0 Å². The zero-order chi connectivity index (χ0) is 12.5. The summed E-state index contributed by atoms with van der Waals surface area (Å²) in [6.45, 7) is 0. The van der Waals surface area contributed by atoms with Gasteiger partial charge in [0.2, 0.25) is 0 Å². The molecule has 0 atom stereocenters. The molecule has 1 aliphatic carbocycles. The lowest BCUT2D eigenvalue weighted by molar-refractivity contribution is 0.689. The van der Waals surface area contributed by atoms with Crippen molar-refractivity contribution < 1.29 is 0 Å². The maximum Gasteiger partial charge on any atom is 0.175 e. The molecule has 0 spiro atoms. The third-order valence-corrected chi connectivity index (χ3v) is 4.74. The average Bonchev–Trinajstić information content (AvgIpc) is 3.03. The number of nitrogens with one attached hydrogen (secondary N) is 2. The highest BCUT2D eigenvalue weighted by Crippen LogP contribution is 2.37. The third kappa shape index (κ3) is 2.14. The SMILES string of the molecule is S=c1nc(-c2ncc[nH]2)[nH]c(C2CCCC2)c1Br. The highest BCUT2D eigenvalue weighted by atomic mass is 79.9. The first kappa shape index (κ1) is 12.0. The summed E-state index contributed by atoms with van der Waals surface area (Å²) in [6, 6.07) is 0. The van der Waals surface area contributed by atoms with Crippen molar-refractivity contribution in [2.24, 2.45) is 0 Å². The largest absolute Gasteiger partial charge is 0.342 e. The standard InChI is InChI=1S/C12H13BrN4S/c13-8-9(7-3-1-2-4-7)16-11(17-12(8)18)10-14-5-6-15-10/h5-7H,1-4H2,(H,14,15)(H,16,17,18). The van der Waals surface area contributed by atoms with Crippen molar-refractivity contribution in [1.29, 1.82) is 0 Å². The van der Waals surface area contributed by atoms with Crippen LogP contribution in [-0.2, 0) is 0 Å². The van der Waals surface area contributed by atoms with Gasteiger partial charge in [0, 0.05) is 24.0 Å². The molecule has 1 saturated carbocycles. The molecular formula is C12H13BrN4S. The molecule has 2 aromatic heterocycles. The van der Waals surface area contributed by atoms with Gasteiger partial charge in [-0.15, -0.1) is 0 Å². The zero-order valence-electron chi connectivity index (χ0n) is 9.74. The quantitative estimate of drug-likeness (QED) is 0.822. The molecule has 0 aromatic carbocycles. The number of hydrogen-bond acceptors (Lipinski definition) is 3. The van der Waals surface area contributed by atoms with E-state index < -0.39 is 0 Å². The molecule has 94 valence electrons. The second kappa shape index (κ2) is 4.93. The Bertz CT molecular complexity index is 599. The minimum absolute atomic E-state index is 0.554. The Labute approximate surface area is 118 Å². The van der Waals surface area contributed by atoms with Crippen molar-refractivity contribution in [2.45, 2.75) is 31.6 Å². The summed E-state index contributed by atoms with van der Waals surface area (Å²) >= 11 is 8.88. The number of nitrogens with zero attached hydrogens (tertiary/aromatic N) is 2. The summed E-state index contributed by atoms with van der Waals surface area (Å²) < 4.78 is 1.53. The topological polar surface area (TPSA) is 57.4 Å². The van der Waals surface area contributed by atoms with Crippen LogP contribution in [0.25, 0.3) is 11.6 Å². The van der Waals surface area contributed by atoms with Crippen molar-refractivity contribution in [3.8, 4) is 11.6 Å². The number of hydrogen-bond donors (Lipinski definition) is 2. The summed E-state index contributed by atoms with van der Waals surface area (Å²) in [5, 5.41) is 0. The van der Waals surface area contributed by atoms with E-state index in [0.29, 0.717) is 10.6 Å². The number of H-pyrrole nitrogens is 2. The van der Waals surface area contributed by atoms with Crippen LogP contribution in [-0.4, -0.2) is 19.9 Å². The van der Waals surface area contributed by atoms with Gasteiger partial charge in [-0.2, -0.15) is 0 Å². The summed E-state index contributed by atoms with van der Waals surface area (Å²) in [7, 11) is 0. The van der Waals surface area contributed by atoms with Crippen LogP contribution in [0.15, 0.2) is 16.9 Å². The van der Waals surface area contributed by atoms with Gasteiger partial charge in [0.05, 0.1) is 4.47 Å². The number of aromatic nitrogens is 4.